The number of hydrogen-bond acceptors (Lipinski definition) is 8. The molecule has 1 heterocycles. The lowest BCUT2D eigenvalue weighted by Crippen LogP contribution is -2.61. The fourth-order valence-corrected chi connectivity index (χ4v) is 2.62. The molecule has 0 aliphatic carbocycles. The number of ether oxygens (including phenoxy) is 3. The van der Waals surface area contributed by atoms with Gasteiger partial charge in [-0.2, -0.15) is 0 Å². The first-order valence-corrected chi connectivity index (χ1v) is 8.66. The first-order chi connectivity index (χ1) is 12.2. The van der Waals surface area contributed by atoms with Gasteiger partial charge in [0.05, 0.1) is 13.2 Å². The van der Waals surface area contributed by atoms with E-state index in [1.165, 1.54) is 24.3 Å². The van der Waals surface area contributed by atoms with Gasteiger partial charge in [0, 0.05) is 12.1 Å². The van der Waals surface area contributed by atoms with Gasteiger partial charge in [0.15, 0.2) is 12.4 Å². The fourth-order valence-electron chi connectivity index (χ4n) is 2.62. The summed E-state index contributed by atoms with van der Waals surface area (Å²) in [5.41, 5.74) is -0.0639. The van der Waals surface area contributed by atoms with Crippen molar-refractivity contribution in [1.82, 2.24) is 5.32 Å². The molecular weight excluding hydrogens is 342 g/mol. The summed E-state index contributed by atoms with van der Waals surface area (Å²) in [5, 5.41) is 42.8. The van der Waals surface area contributed by atoms with E-state index in [4.69, 9.17) is 14.2 Å². The molecule has 2 unspecified atom stereocenters. The summed E-state index contributed by atoms with van der Waals surface area (Å²) in [6.45, 7) is 6.48. The van der Waals surface area contributed by atoms with Crippen LogP contribution in [0.25, 0.3) is 0 Å². The minimum atomic E-state index is -1.32. The van der Waals surface area contributed by atoms with Crippen LogP contribution in [0.4, 0.5) is 0 Å². The highest BCUT2D eigenvalue weighted by Crippen LogP contribution is 2.27. The summed E-state index contributed by atoms with van der Waals surface area (Å²) in [6, 6.07) is 5.90. The third-order valence-corrected chi connectivity index (χ3v) is 3.97. The molecule has 1 aromatic rings. The molecule has 5 atom stereocenters. The second kappa shape index (κ2) is 8.98. The highest BCUT2D eigenvalue weighted by molar-refractivity contribution is 5.30. The second-order valence-electron chi connectivity index (χ2n) is 7.33. The molecule has 8 heteroatoms. The summed E-state index contributed by atoms with van der Waals surface area (Å²) in [5.74, 6) is 0.448. The molecule has 0 spiro atoms. The van der Waals surface area contributed by atoms with Crippen LogP contribution in [0.2, 0.25) is 0 Å². The Kier molecular flexibility index (Phi) is 7.22. The zero-order valence-electron chi connectivity index (χ0n) is 15.3. The number of aliphatic hydroxyl groups is 3. The molecule has 0 saturated carbocycles. The number of aromatic hydroxyl groups is 1. The van der Waals surface area contributed by atoms with Gasteiger partial charge in [0.1, 0.15) is 29.8 Å². The third kappa shape index (κ3) is 5.80. The van der Waals surface area contributed by atoms with Gasteiger partial charge in [0.25, 0.3) is 0 Å². The Balaban J connectivity index is 1.94. The van der Waals surface area contributed by atoms with Gasteiger partial charge >= 0.3 is 0 Å². The van der Waals surface area contributed by atoms with Gasteiger partial charge in [-0.25, -0.2) is 0 Å². The van der Waals surface area contributed by atoms with Crippen molar-refractivity contribution in [1.29, 1.82) is 0 Å². The second-order valence-corrected chi connectivity index (χ2v) is 7.33. The molecule has 1 aromatic carbocycles. The Hall–Kier alpha value is -1.42. The molecule has 8 nitrogen and oxygen atoms in total. The van der Waals surface area contributed by atoms with Crippen LogP contribution in [-0.4, -0.2) is 76.4 Å². The molecule has 0 aromatic heterocycles. The molecule has 148 valence electrons. The number of benzene rings is 1. The zero-order chi connectivity index (χ0) is 19.3. The maximum absolute atomic E-state index is 10.4. The van der Waals surface area contributed by atoms with Crippen molar-refractivity contribution in [3.05, 3.63) is 24.3 Å². The first kappa shape index (κ1) is 20.9. The van der Waals surface area contributed by atoms with E-state index >= 15 is 0 Å². The van der Waals surface area contributed by atoms with Crippen LogP contribution < -0.4 is 10.1 Å². The predicted molar refractivity (Wildman–Crippen MR) is 94.0 cm³/mol. The number of rotatable bonds is 7. The van der Waals surface area contributed by atoms with Gasteiger partial charge in [-0.05, 0) is 45.0 Å². The van der Waals surface area contributed by atoms with E-state index in [2.05, 4.69) is 5.32 Å². The molecule has 0 bridgehead atoms. The van der Waals surface area contributed by atoms with Crippen molar-refractivity contribution in [3.63, 3.8) is 0 Å². The van der Waals surface area contributed by atoms with E-state index in [9.17, 15) is 20.4 Å². The van der Waals surface area contributed by atoms with Crippen LogP contribution in [0.5, 0.6) is 11.5 Å². The van der Waals surface area contributed by atoms with Crippen LogP contribution in [-0.2, 0) is 9.47 Å². The first-order valence-electron chi connectivity index (χ1n) is 8.66. The Morgan fingerprint density at radius 1 is 1.12 bits per heavy atom. The lowest BCUT2D eigenvalue weighted by molar-refractivity contribution is -0.296. The number of phenols is 1. The fraction of sp³-hybridized carbons (Fsp3) is 0.667. The molecule has 0 amide bonds. The van der Waals surface area contributed by atoms with Crippen molar-refractivity contribution < 1.29 is 34.6 Å². The maximum Gasteiger partial charge on any atom is 0.186 e. The highest BCUT2D eigenvalue weighted by Gasteiger charge is 2.46. The number of phenolic OH excluding ortho intramolecular Hbond substituents is 1. The summed E-state index contributed by atoms with van der Waals surface area (Å²) < 4.78 is 16.7. The van der Waals surface area contributed by atoms with Gasteiger partial charge < -0.3 is 40.0 Å². The van der Waals surface area contributed by atoms with Crippen LogP contribution in [0.3, 0.4) is 0 Å². The van der Waals surface area contributed by atoms with E-state index in [-0.39, 0.29) is 17.9 Å². The number of aliphatic hydroxyl groups excluding tert-OH is 3. The molecule has 1 aliphatic heterocycles. The number of hydrogen-bond donors (Lipinski definition) is 5. The number of nitrogens with one attached hydrogen (secondary N) is 1. The standard InChI is InChI=1S/C18H29NO7/c1-18(2,3)19-8-9-24-17-15(23)14(22)16(13(10-20)26-17)25-12-6-4-11(21)5-7-12/h4-7,13-17,19-23H,8-10H2,1-3H3/t13?,14?,15-,16+,17-/m0/s1. The Morgan fingerprint density at radius 3 is 2.35 bits per heavy atom. The molecular formula is C18H29NO7. The average molecular weight is 371 g/mol. The van der Waals surface area contributed by atoms with E-state index < -0.39 is 37.3 Å². The molecule has 2 rings (SSSR count). The highest BCUT2D eigenvalue weighted by atomic mass is 16.7. The molecule has 5 N–H and O–H groups in total. The van der Waals surface area contributed by atoms with Gasteiger partial charge in [-0.1, -0.05) is 0 Å². The van der Waals surface area contributed by atoms with E-state index in [0.717, 1.165) is 0 Å². The Bertz CT molecular complexity index is 543. The Labute approximate surface area is 153 Å². The molecule has 0 radical (unpaired) electrons. The minimum absolute atomic E-state index is 0.0639. The topological polar surface area (TPSA) is 121 Å². The van der Waals surface area contributed by atoms with Crippen LogP contribution in [0.1, 0.15) is 20.8 Å². The van der Waals surface area contributed by atoms with Crippen molar-refractivity contribution in [3.8, 4) is 11.5 Å². The third-order valence-electron chi connectivity index (χ3n) is 3.97. The van der Waals surface area contributed by atoms with E-state index in [1.807, 2.05) is 20.8 Å². The summed E-state index contributed by atoms with van der Waals surface area (Å²) in [6.07, 6.45) is -5.55. The lowest BCUT2D eigenvalue weighted by Gasteiger charge is -2.41. The summed E-state index contributed by atoms with van der Waals surface area (Å²) in [7, 11) is 0. The van der Waals surface area contributed by atoms with Gasteiger partial charge in [-0.15, -0.1) is 0 Å². The van der Waals surface area contributed by atoms with E-state index in [0.29, 0.717) is 12.3 Å². The predicted octanol–water partition coefficient (Wildman–Crippen LogP) is -0.0167. The smallest absolute Gasteiger partial charge is 0.186 e. The molecule has 1 fully saturated rings. The molecule has 1 saturated heterocycles. The zero-order valence-corrected chi connectivity index (χ0v) is 15.3. The van der Waals surface area contributed by atoms with Crippen LogP contribution in [0.15, 0.2) is 24.3 Å². The van der Waals surface area contributed by atoms with Gasteiger partial charge in [0.2, 0.25) is 0 Å². The largest absolute Gasteiger partial charge is 0.508 e. The lowest BCUT2D eigenvalue weighted by atomic mass is 9.99. The van der Waals surface area contributed by atoms with Crippen molar-refractivity contribution in [2.24, 2.45) is 0 Å². The Morgan fingerprint density at radius 2 is 1.77 bits per heavy atom. The summed E-state index contributed by atoms with van der Waals surface area (Å²) >= 11 is 0. The van der Waals surface area contributed by atoms with Crippen molar-refractivity contribution in [2.75, 3.05) is 19.8 Å². The molecule has 26 heavy (non-hydrogen) atoms. The van der Waals surface area contributed by atoms with Gasteiger partial charge in [-0.3, -0.25) is 0 Å². The van der Waals surface area contributed by atoms with E-state index in [1.54, 1.807) is 0 Å². The quantitative estimate of drug-likeness (QED) is 0.424. The van der Waals surface area contributed by atoms with Crippen molar-refractivity contribution >= 4 is 0 Å². The average Bonchev–Trinajstić information content (AvgIpc) is 2.58. The monoisotopic (exact) mass is 371 g/mol. The van der Waals surface area contributed by atoms with Crippen LogP contribution in [0, 0.1) is 0 Å². The maximum atomic E-state index is 10.4. The SMILES string of the molecule is CC(C)(C)NCCO[C@H]1OC(CO)[C@@H](Oc2ccc(O)cc2)C(O)[C@@H]1O. The van der Waals surface area contributed by atoms with Crippen LogP contribution >= 0.6 is 0 Å². The molecule has 1 aliphatic rings. The minimum Gasteiger partial charge on any atom is -0.508 e. The normalized spacial score (nSPS) is 29.5. The summed E-state index contributed by atoms with van der Waals surface area (Å²) in [4.78, 5) is 0. The van der Waals surface area contributed by atoms with Crippen molar-refractivity contribution in [2.45, 2.75) is 57.0 Å².